The minimum atomic E-state index is -0.464. The second kappa shape index (κ2) is 9.38. The van der Waals surface area contributed by atoms with Crippen molar-refractivity contribution in [2.75, 3.05) is 38.2 Å². The standard InChI is InChI=1S/C26H24N4O5/c1-34-19-7-4-17(5-8-19)23(31)16-22-25(32)28-21-15-18(6-9-20(21)27-22)26(33)30-12-10-29(11-13-30)24-3-2-14-35-24/h2-9,14-16,31H,10-13H2,1H3,(H,28,32)/b23-16-. The van der Waals surface area contributed by atoms with Crippen LogP contribution in [0.25, 0.3) is 22.9 Å². The Morgan fingerprint density at radius 2 is 1.83 bits per heavy atom. The molecule has 0 aliphatic carbocycles. The molecule has 9 heteroatoms. The summed E-state index contributed by atoms with van der Waals surface area (Å²) >= 11 is 0. The van der Waals surface area contributed by atoms with Crippen LogP contribution in [0.2, 0.25) is 0 Å². The van der Waals surface area contributed by atoms with E-state index in [0.717, 1.165) is 5.88 Å². The number of aliphatic hydroxyl groups excluding tert-OH is 1. The first-order valence-corrected chi connectivity index (χ1v) is 11.2. The van der Waals surface area contributed by atoms with Gasteiger partial charge < -0.3 is 29.0 Å². The van der Waals surface area contributed by atoms with Crippen LogP contribution in [-0.2, 0) is 0 Å². The molecule has 5 rings (SSSR count). The highest BCUT2D eigenvalue weighted by molar-refractivity contribution is 5.97. The van der Waals surface area contributed by atoms with Gasteiger partial charge >= 0.3 is 0 Å². The van der Waals surface area contributed by atoms with Gasteiger partial charge in [-0.25, -0.2) is 4.98 Å². The van der Waals surface area contributed by atoms with E-state index in [0.29, 0.717) is 54.1 Å². The van der Waals surface area contributed by atoms with Gasteiger partial charge in [-0.2, -0.15) is 0 Å². The Balaban J connectivity index is 1.34. The maximum absolute atomic E-state index is 13.1. The van der Waals surface area contributed by atoms with E-state index in [1.54, 1.807) is 60.7 Å². The fourth-order valence-corrected chi connectivity index (χ4v) is 4.07. The number of ether oxygens (including phenoxy) is 1. The van der Waals surface area contributed by atoms with Gasteiger partial charge in [0.1, 0.15) is 17.2 Å². The molecule has 178 valence electrons. The fourth-order valence-electron chi connectivity index (χ4n) is 4.07. The van der Waals surface area contributed by atoms with Crippen molar-refractivity contribution in [3.05, 3.63) is 88.0 Å². The van der Waals surface area contributed by atoms with E-state index in [4.69, 9.17) is 9.15 Å². The number of methoxy groups -OCH3 is 1. The molecule has 0 saturated carbocycles. The number of fused-ring (bicyclic) bond motifs is 1. The molecule has 3 heterocycles. The maximum atomic E-state index is 13.1. The Hall–Kier alpha value is -4.53. The van der Waals surface area contributed by atoms with Crippen molar-refractivity contribution in [2.24, 2.45) is 0 Å². The predicted molar refractivity (Wildman–Crippen MR) is 133 cm³/mol. The number of benzene rings is 2. The summed E-state index contributed by atoms with van der Waals surface area (Å²) in [6, 6.07) is 15.6. The summed E-state index contributed by atoms with van der Waals surface area (Å²) in [4.78, 5) is 36.7. The van der Waals surface area contributed by atoms with Crippen molar-refractivity contribution < 1.29 is 19.1 Å². The lowest BCUT2D eigenvalue weighted by molar-refractivity contribution is 0.0745. The van der Waals surface area contributed by atoms with Gasteiger partial charge in [0, 0.05) is 49.4 Å². The van der Waals surface area contributed by atoms with Crippen LogP contribution in [0.1, 0.15) is 21.6 Å². The quantitative estimate of drug-likeness (QED) is 0.427. The first-order chi connectivity index (χ1) is 17.0. The minimum absolute atomic E-state index is 0.0685. The number of furan rings is 1. The summed E-state index contributed by atoms with van der Waals surface area (Å²) in [5.74, 6) is 1.26. The maximum Gasteiger partial charge on any atom is 0.274 e. The van der Waals surface area contributed by atoms with E-state index in [2.05, 4.69) is 14.9 Å². The molecular weight excluding hydrogens is 448 g/mol. The van der Waals surface area contributed by atoms with Crippen molar-refractivity contribution in [1.29, 1.82) is 0 Å². The van der Waals surface area contributed by atoms with E-state index in [1.807, 2.05) is 12.1 Å². The molecule has 4 aromatic rings. The second-order valence-electron chi connectivity index (χ2n) is 8.17. The Morgan fingerprint density at radius 3 is 2.51 bits per heavy atom. The largest absolute Gasteiger partial charge is 0.507 e. The number of carbonyl (C=O) groups is 1. The lowest BCUT2D eigenvalue weighted by Crippen LogP contribution is -2.48. The highest BCUT2D eigenvalue weighted by Gasteiger charge is 2.23. The van der Waals surface area contributed by atoms with Crippen molar-refractivity contribution in [1.82, 2.24) is 14.9 Å². The summed E-state index contributed by atoms with van der Waals surface area (Å²) in [5.41, 5.74) is 1.58. The van der Waals surface area contributed by atoms with Crippen LogP contribution in [-0.4, -0.2) is 59.2 Å². The van der Waals surface area contributed by atoms with Crippen molar-refractivity contribution >= 4 is 34.7 Å². The fraction of sp³-hybridized carbons (Fsp3) is 0.192. The third kappa shape index (κ3) is 4.61. The molecule has 1 aliphatic heterocycles. The third-order valence-corrected chi connectivity index (χ3v) is 6.01. The third-order valence-electron chi connectivity index (χ3n) is 6.01. The first-order valence-electron chi connectivity index (χ1n) is 11.2. The Bertz CT molecular complexity index is 1430. The Morgan fingerprint density at radius 1 is 1.09 bits per heavy atom. The van der Waals surface area contributed by atoms with Gasteiger partial charge in [-0.3, -0.25) is 9.59 Å². The number of hydrogen-bond donors (Lipinski definition) is 2. The summed E-state index contributed by atoms with van der Waals surface area (Å²) in [7, 11) is 1.56. The Labute approximate surface area is 200 Å². The molecule has 1 saturated heterocycles. The molecule has 0 atom stereocenters. The number of anilines is 1. The van der Waals surface area contributed by atoms with E-state index in [1.165, 1.54) is 6.08 Å². The number of rotatable bonds is 5. The summed E-state index contributed by atoms with van der Waals surface area (Å²) in [6.07, 6.45) is 2.95. The van der Waals surface area contributed by atoms with Crippen LogP contribution in [0, 0.1) is 0 Å². The zero-order valence-electron chi connectivity index (χ0n) is 19.1. The summed E-state index contributed by atoms with van der Waals surface area (Å²) in [5, 5.41) is 10.4. The topological polar surface area (TPSA) is 112 Å². The minimum Gasteiger partial charge on any atom is -0.507 e. The van der Waals surface area contributed by atoms with Crippen LogP contribution >= 0.6 is 0 Å². The zero-order chi connectivity index (χ0) is 24.4. The van der Waals surface area contributed by atoms with E-state index >= 15 is 0 Å². The number of carbonyl (C=O) groups excluding carboxylic acids is 1. The average molecular weight is 473 g/mol. The van der Waals surface area contributed by atoms with Gasteiger partial charge in [-0.15, -0.1) is 0 Å². The molecular formula is C26H24N4O5. The molecule has 1 amide bonds. The van der Waals surface area contributed by atoms with E-state index in [9.17, 15) is 14.7 Å². The number of nitrogens with zero attached hydrogens (tertiary/aromatic N) is 3. The number of nitrogens with one attached hydrogen (secondary N) is 1. The van der Waals surface area contributed by atoms with Gasteiger partial charge in [0.2, 0.25) is 0 Å². The molecule has 2 aromatic carbocycles. The van der Waals surface area contributed by atoms with Crippen LogP contribution in [0.5, 0.6) is 5.75 Å². The number of hydrogen-bond acceptors (Lipinski definition) is 7. The van der Waals surface area contributed by atoms with Crippen LogP contribution in [0.4, 0.5) is 5.88 Å². The van der Waals surface area contributed by atoms with Gasteiger partial charge in [0.25, 0.3) is 11.5 Å². The molecule has 9 nitrogen and oxygen atoms in total. The molecule has 0 bridgehead atoms. The van der Waals surface area contributed by atoms with Crippen molar-refractivity contribution in [3.8, 4) is 5.75 Å². The number of aromatic amines is 1. The second-order valence-corrected chi connectivity index (χ2v) is 8.17. The zero-order valence-corrected chi connectivity index (χ0v) is 19.1. The van der Waals surface area contributed by atoms with Gasteiger partial charge in [-0.1, -0.05) is 0 Å². The molecule has 2 N–H and O–H groups in total. The first kappa shape index (κ1) is 22.3. The number of aromatic nitrogens is 2. The number of piperazine rings is 1. The van der Waals surface area contributed by atoms with Crippen molar-refractivity contribution in [3.63, 3.8) is 0 Å². The van der Waals surface area contributed by atoms with Crippen LogP contribution in [0.3, 0.4) is 0 Å². The highest BCUT2D eigenvalue weighted by atomic mass is 16.5. The van der Waals surface area contributed by atoms with Gasteiger partial charge in [0.05, 0.1) is 24.4 Å². The number of amides is 1. The Kier molecular flexibility index (Phi) is 5.97. The van der Waals surface area contributed by atoms with E-state index < -0.39 is 5.56 Å². The lowest BCUT2D eigenvalue weighted by atomic mass is 10.1. The predicted octanol–water partition coefficient (Wildman–Crippen LogP) is 3.54. The highest BCUT2D eigenvalue weighted by Crippen LogP contribution is 2.20. The van der Waals surface area contributed by atoms with Crippen molar-refractivity contribution in [2.45, 2.75) is 0 Å². The molecule has 1 aliphatic rings. The molecule has 1 fully saturated rings. The molecule has 0 radical (unpaired) electrons. The van der Waals surface area contributed by atoms with E-state index in [-0.39, 0.29) is 17.4 Å². The van der Waals surface area contributed by atoms with Crippen LogP contribution in [0.15, 0.2) is 70.1 Å². The van der Waals surface area contributed by atoms with Crippen LogP contribution < -0.4 is 15.2 Å². The molecule has 35 heavy (non-hydrogen) atoms. The molecule has 0 unspecified atom stereocenters. The smallest absolute Gasteiger partial charge is 0.274 e. The normalized spacial score (nSPS) is 14.4. The number of H-pyrrole nitrogens is 1. The lowest BCUT2D eigenvalue weighted by Gasteiger charge is -2.34. The van der Waals surface area contributed by atoms with Gasteiger partial charge in [-0.05, 0) is 48.5 Å². The SMILES string of the molecule is COc1ccc(/C(O)=C/c2nc3ccc(C(=O)N4CCN(c5ccco5)CC4)cc3[nH]c2=O)cc1. The summed E-state index contributed by atoms with van der Waals surface area (Å²) < 4.78 is 10.6. The monoisotopic (exact) mass is 472 g/mol. The molecule has 2 aromatic heterocycles. The number of aliphatic hydroxyl groups is 1. The average Bonchev–Trinajstić information content (AvgIpc) is 3.44. The molecule has 0 spiro atoms. The summed E-state index contributed by atoms with van der Waals surface area (Å²) in [6.45, 7) is 2.50. The van der Waals surface area contributed by atoms with Gasteiger partial charge in [0.15, 0.2) is 5.88 Å².